The average molecular weight is 331 g/mol. The Bertz CT molecular complexity index is 374. The summed E-state index contributed by atoms with van der Waals surface area (Å²) in [6.45, 7) is 6.75. The van der Waals surface area contributed by atoms with Crippen molar-refractivity contribution >= 4 is 27.3 Å². The Labute approximate surface area is 123 Å². The SMILES string of the molecule is CCCN(CC1CC1)C(c1cc(Br)cs1)C(C)N. The largest absolute Gasteiger partial charge is 0.326 e. The first kappa shape index (κ1) is 14.5. The van der Waals surface area contributed by atoms with E-state index in [1.807, 2.05) is 11.3 Å². The summed E-state index contributed by atoms with van der Waals surface area (Å²) in [5.74, 6) is 0.918. The van der Waals surface area contributed by atoms with Crippen molar-refractivity contribution in [3.05, 3.63) is 20.8 Å². The Kier molecular flexibility index (Phi) is 5.24. The topological polar surface area (TPSA) is 29.3 Å². The van der Waals surface area contributed by atoms with Gasteiger partial charge >= 0.3 is 0 Å². The molecule has 0 saturated heterocycles. The molecule has 1 aromatic heterocycles. The number of nitrogens with two attached hydrogens (primary N) is 1. The minimum Gasteiger partial charge on any atom is -0.326 e. The predicted molar refractivity (Wildman–Crippen MR) is 83.0 cm³/mol. The summed E-state index contributed by atoms with van der Waals surface area (Å²) >= 11 is 5.37. The molecule has 1 fully saturated rings. The number of thiophene rings is 1. The Balaban J connectivity index is 2.14. The summed E-state index contributed by atoms with van der Waals surface area (Å²) in [4.78, 5) is 3.99. The second kappa shape index (κ2) is 6.51. The monoisotopic (exact) mass is 330 g/mol. The minimum absolute atomic E-state index is 0.181. The number of halogens is 1. The maximum atomic E-state index is 6.25. The molecular weight excluding hydrogens is 308 g/mol. The van der Waals surface area contributed by atoms with Gasteiger partial charge in [-0.25, -0.2) is 0 Å². The van der Waals surface area contributed by atoms with Crippen LogP contribution in [-0.4, -0.2) is 24.0 Å². The Morgan fingerprint density at radius 1 is 1.56 bits per heavy atom. The van der Waals surface area contributed by atoms with E-state index in [9.17, 15) is 0 Å². The highest BCUT2D eigenvalue weighted by molar-refractivity contribution is 9.10. The molecule has 0 aromatic carbocycles. The van der Waals surface area contributed by atoms with Crippen molar-refractivity contribution in [3.63, 3.8) is 0 Å². The highest BCUT2D eigenvalue weighted by Crippen LogP contribution is 2.36. The predicted octanol–water partition coefficient (Wildman–Crippen LogP) is 4.02. The van der Waals surface area contributed by atoms with Gasteiger partial charge < -0.3 is 5.73 Å². The third kappa shape index (κ3) is 3.80. The molecule has 2 rings (SSSR count). The maximum absolute atomic E-state index is 6.25. The number of rotatable bonds is 7. The van der Waals surface area contributed by atoms with Crippen molar-refractivity contribution in [2.75, 3.05) is 13.1 Å². The van der Waals surface area contributed by atoms with Gasteiger partial charge in [0, 0.05) is 27.3 Å². The van der Waals surface area contributed by atoms with Gasteiger partial charge in [-0.3, -0.25) is 4.90 Å². The molecule has 2 atom stereocenters. The van der Waals surface area contributed by atoms with Crippen LogP contribution in [0.4, 0.5) is 0 Å². The number of hydrogen-bond acceptors (Lipinski definition) is 3. The second-order valence-corrected chi connectivity index (χ2v) is 7.27. The summed E-state index contributed by atoms with van der Waals surface area (Å²) in [5, 5.41) is 2.16. The molecular formula is C14H23BrN2S. The van der Waals surface area contributed by atoms with Crippen molar-refractivity contribution in [2.45, 2.75) is 45.2 Å². The lowest BCUT2D eigenvalue weighted by molar-refractivity contribution is 0.171. The van der Waals surface area contributed by atoms with Gasteiger partial charge in [-0.1, -0.05) is 6.92 Å². The van der Waals surface area contributed by atoms with Crippen LogP contribution in [0.25, 0.3) is 0 Å². The van der Waals surface area contributed by atoms with Crippen LogP contribution in [0.5, 0.6) is 0 Å². The van der Waals surface area contributed by atoms with Crippen molar-refractivity contribution < 1.29 is 0 Å². The van der Waals surface area contributed by atoms with E-state index in [0.717, 1.165) is 12.5 Å². The first-order valence-corrected chi connectivity index (χ1v) is 8.52. The molecule has 0 bridgehead atoms. The quantitative estimate of drug-likeness (QED) is 0.818. The summed E-state index contributed by atoms with van der Waals surface area (Å²) in [5.41, 5.74) is 6.25. The second-order valence-electron chi connectivity index (χ2n) is 5.41. The van der Waals surface area contributed by atoms with Crippen LogP contribution in [0.2, 0.25) is 0 Å². The van der Waals surface area contributed by atoms with E-state index in [2.05, 4.69) is 46.1 Å². The minimum atomic E-state index is 0.181. The van der Waals surface area contributed by atoms with E-state index in [0.29, 0.717) is 6.04 Å². The van der Waals surface area contributed by atoms with Gasteiger partial charge in [-0.05, 0) is 60.6 Å². The Morgan fingerprint density at radius 2 is 2.28 bits per heavy atom. The van der Waals surface area contributed by atoms with Crippen LogP contribution in [0.15, 0.2) is 15.9 Å². The third-order valence-electron chi connectivity index (χ3n) is 3.47. The van der Waals surface area contributed by atoms with E-state index >= 15 is 0 Å². The summed E-state index contributed by atoms with van der Waals surface area (Å²) in [7, 11) is 0. The molecule has 18 heavy (non-hydrogen) atoms. The molecule has 2 N–H and O–H groups in total. The van der Waals surface area contributed by atoms with Crippen molar-refractivity contribution in [3.8, 4) is 0 Å². The van der Waals surface area contributed by atoms with Gasteiger partial charge in [-0.15, -0.1) is 11.3 Å². The van der Waals surface area contributed by atoms with Gasteiger partial charge in [0.2, 0.25) is 0 Å². The zero-order valence-corrected chi connectivity index (χ0v) is 13.6. The van der Waals surface area contributed by atoms with Gasteiger partial charge in [0.25, 0.3) is 0 Å². The maximum Gasteiger partial charge on any atom is 0.0591 e. The van der Waals surface area contributed by atoms with Crippen molar-refractivity contribution in [1.82, 2.24) is 4.90 Å². The summed E-state index contributed by atoms with van der Waals surface area (Å²) < 4.78 is 1.18. The van der Waals surface area contributed by atoms with Crippen LogP contribution in [0.1, 0.15) is 44.0 Å². The van der Waals surface area contributed by atoms with Gasteiger partial charge in [-0.2, -0.15) is 0 Å². The fraction of sp³-hybridized carbons (Fsp3) is 0.714. The molecule has 0 aliphatic heterocycles. The molecule has 1 aliphatic carbocycles. The number of nitrogens with zero attached hydrogens (tertiary/aromatic N) is 1. The molecule has 2 nitrogen and oxygen atoms in total. The van der Waals surface area contributed by atoms with Gasteiger partial charge in [0.1, 0.15) is 0 Å². The summed E-state index contributed by atoms with van der Waals surface area (Å²) in [6, 6.07) is 2.79. The van der Waals surface area contributed by atoms with Crippen LogP contribution in [0.3, 0.4) is 0 Å². The molecule has 1 aromatic rings. The molecule has 4 heteroatoms. The molecule has 0 spiro atoms. The van der Waals surface area contributed by atoms with Crippen LogP contribution >= 0.6 is 27.3 Å². The molecule has 0 radical (unpaired) electrons. The Morgan fingerprint density at radius 3 is 2.72 bits per heavy atom. The van der Waals surface area contributed by atoms with Crippen molar-refractivity contribution in [1.29, 1.82) is 0 Å². The van der Waals surface area contributed by atoms with Crippen LogP contribution in [-0.2, 0) is 0 Å². The lowest BCUT2D eigenvalue weighted by atomic mass is 10.1. The smallest absolute Gasteiger partial charge is 0.0591 e. The molecule has 2 unspecified atom stereocenters. The average Bonchev–Trinajstić information content (AvgIpc) is 3.01. The molecule has 0 amide bonds. The zero-order valence-electron chi connectivity index (χ0n) is 11.2. The highest BCUT2D eigenvalue weighted by atomic mass is 79.9. The van der Waals surface area contributed by atoms with Crippen LogP contribution < -0.4 is 5.73 Å². The normalized spacial score (nSPS) is 19.2. The molecule has 102 valence electrons. The zero-order chi connectivity index (χ0) is 13.1. The van der Waals surface area contributed by atoms with E-state index in [1.165, 1.54) is 35.2 Å². The summed E-state index contributed by atoms with van der Waals surface area (Å²) in [6.07, 6.45) is 4.00. The fourth-order valence-corrected chi connectivity index (χ4v) is 4.21. The van der Waals surface area contributed by atoms with Gasteiger partial charge in [0.05, 0.1) is 6.04 Å². The van der Waals surface area contributed by atoms with E-state index < -0.39 is 0 Å². The highest BCUT2D eigenvalue weighted by Gasteiger charge is 2.30. The van der Waals surface area contributed by atoms with Crippen molar-refractivity contribution in [2.24, 2.45) is 11.7 Å². The van der Waals surface area contributed by atoms with E-state index in [4.69, 9.17) is 5.73 Å². The first-order valence-electron chi connectivity index (χ1n) is 6.85. The molecule has 1 saturated carbocycles. The standard InChI is InChI=1S/C14H23BrN2S/c1-3-6-17(8-11-4-5-11)14(10(2)16)13-7-12(15)9-18-13/h7,9-11,14H,3-6,8,16H2,1-2H3. The third-order valence-corrected chi connectivity index (χ3v) is 5.24. The van der Waals surface area contributed by atoms with Crippen LogP contribution in [0, 0.1) is 5.92 Å². The lowest BCUT2D eigenvalue weighted by Crippen LogP contribution is -2.40. The van der Waals surface area contributed by atoms with E-state index in [-0.39, 0.29) is 6.04 Å². The lowest BCUT2D eigenvalue weighted by Gasteiger charge is -2.33. The first-order chi connectivity index (χ1) is 8.61. The Hall–Kier alpha value is 0.1000. The number of hydrogen-bond donors (Lipinski definition) is 1. The van der Waals surface area contributed by atoms with E-state index in [1.54, 1.807) is 0 Å². The molecule has 1 heterocycles. The van der Waals surface area contributed by atoms with Gasteiger partial charge in [0.15, 0.2) is 0 Å². The molecule has 1 aliphatic rings. The fourth-order valence-electron chi connectivity index (χ4n) is 2.52.